The quantitative estimate of drug-likeness (QED) is 0.550. The van der Waals surface area contributed by atoms with Crippen LogP contribution in [0.3, 0.4) is 0 Å². The minimum atomic E-state index is -0.278. The molecule has 56 valence electrons. The summed E-state index contributed by atoms with van der Waals surface area (Å²) in [6.45, 7) is 3.87. The highest BCUT2D eigenvalue weighted by Crippen LogP contribution is 2.42. The number of nitriles is 1. The summed E-state index contributed by atoms with van der Waals surface area (Å²) < 4.78 is 0. The Balaban J connectivity index is 2.76. The Morgan fingerprint density at radius 3 is 2.50 bits per heavy atom. The SMILES string of the molecule is CC1[C@@H](O)CCC1(C)C#N. The van der Waals surface area contributed by atoms with Crippen molar-refractivity contribution in [3.8, 4) is 6.07 Å². The lowest BCUT2D eigenvalue weighted by Gasteiger charge is -2.20. The van der Waals surface area contributed by atoms with Gasteiger partial charge in [-0.25, -0.2) is 0 Å². The third kappa shape index (κ3) is 0.911. The zero-order chi connectivity index (χ0) is 7.78. The molecule has 2 unspecified atom stereocenters. The molecule has 0 aromatic rings. The Labute approximate surface area is 61.5 Å². The van der Waals surface area contributed by atoms with E-state index in [0.717, 1.165) is 12.8 Å². The number of nitrogens with zero attached hydrogens (tertiary/aromatic N) is 1. The smallest absolute Gasteiger partial charge is 0.0690 e. The van der Waals surface area contributed by atoms with Crippen LogP contribution in [-0.4, -0.2) is 11.2 Å². The van der Waals surface area contributed by atoms with Crippen molar-refractivity contribution >= 4 is 0 Å². The number of hydrogen-bond donors (Lipinski definition) is 1. The third-order valence-electron chi connectivity index (χ3n) is 2.80. The van der Waals surface area contributed by atoms with Gasteiger partial charge in [-0.3, -0.25) is 0 Å². The first-order valence-electron chi connectivity index (χ1n) is 3.69. The van der Waals surface area contributed by atoms with E-state index in [1.165, 1.54) is 0 Å². The molecule has 0 radical (unpaired) electrons. The van der Waals surface area contributed by atoms with Gasteiger partial charge in [-0.2, -0.15) is 5.26 Å². The first kappa shape index (κ1) is 7.56. The molecule has 0 bridgehead atoms. The summed E-state index contributed by atoms with van der Waals surface area (Å²) in [5.41, 5.74) is -0.278. The Morgan fingerprint density at radius 1 is 1.70 bits per heavy atom. The molecule has 0 aromatic carbocycles. The maximum atomic E-state index is 9.31. The average Bonchev–Trinajstić information content (AvgIpc) is 2.19. The summed E-state index contributed by atoms with van der Waals surface area (Å²) in [5.74, 6) is 0.137. The highest BCUT2D eigenvalue weighted by Gasteiger charge is 2.41. The molecular formula is C8H13NO. The van der Waals surface area contributed by atoms with Crippen LogP contribution in [0.4, 0.5) is 0 Å². The van der Waals surface area contributed by atoms with Crippen molar-refractivity contribution in [2.24, 2.45) is 11.3 Å². The van der Waals surface area contributed by atoms with Crippen molar-refractivity contribution in [1.82, 2.24) is 0 Å². The minimum absolute atomic E-state index is 0.137. The van der Waals surface area contributed by atoms with E-state index >= 15 is 0 Å². The number of aliphatic hydroxyl groups excluding tert-OH is 1. The lowest BCUT2D eigenvalue weighted by atomic mass is 9.82. The first-order valence-corrected chi connectivity index (χ1v) is 3.69. The Hall–Kier alpha value is -0.550. The minimum Gasteiger partial charge on any atom is -0.393 e. The summed E-state index contributed by atoms with van der Waals surface area (Å²) >= 11 is 0. The van der Waals surface area contributed by atoms with E-state index in [1.807, 2.05) is 13.8 Å². The van der Waals surface area contributed by atoms with Crippen molar-refractivity contribution in [3.63, 3.8) is 0 Å². The zero-order valence-corrected chi connectivity index (χ0v) is 6.46. The van der Waals surface area contributed by atoms with Crippen LogP contribution >= 0.6 is 0 Å². The predicted octanol–water partition coefficient (Wildman–Crippen LogP) is 1.31. The second-order valence-electron chi connectivity index (χ2n) is 3.42. The summed E-state index contributed by atoms with van der Waals surface area (Å²) in [7, 11) is 0. The van der Waals surface area contributed by atoms with Gasteiger partial charge < -0.3 is 5.11 Å². The largest absolute Gasteiger partial charge is 0.393 e. The van der Waals surface area contributed by atoms with E-state index in [0.29, 0.717) is 0 Å². The lowest BCUT2D eigenvalue weighted by Crippen LogP contribution is -2.23. The van der Waals surface area contributed by atoms with Crippen molar-refractivity contribution in [3.05, 3.63) is 0 Å². The molecule has 0 aliphatic heterocycles. The lowest BCUT2D eigenvalue weighted by molar-refractivity contribution is 0.116. The van der Waals surface area contributed by atoms with E-state index in [4.69, 9.17) is 5.26 Å². The Bertz CT molecular complexity index is 173. The molecule has 0 heterocycles. The summed E-state index contributed by atoms with van der Waals surface area (Å²) in [6.07, 6.45) is 1.36. The van der Waals surface area contributed by atoms with Gasteiger partial charge in [0.15, 0.2) is 0 Å². The zero-order valence-electron chi connectivity index (χ0n) is 6.46. The molecule has 1 saturated carbocycles. The molecule has 0 saturated heterocycles. The van der Waals surface area contributed by atoms with Crippen LogP contribution in [0.25, 0.3) is 0 Å². The van der Waals surface area contributed by atoms with Crippen LogP contribution < -0.4 is 0 Å². The maximum Gasteiger partial charge on any atom is 0.0690 e. The van der Waals surface area contributed by atoms with Crippen molar-refractivity contribution < 1.29 is 5.11 Å². The molecule has 0 spiro atoms. The molecule has 1 aliphatic rings. The van der Waals surface area contributed by atoms with Gasteiger partial charge >= 0.3 is 0 Å². The molecule has 3 atom stereocenters. The average molecular weight is 139 g/mol. The number of rotatable bonds is 0. The maximum absolute atomic E-state index is 9.31. The second kappa shape index (κ2) is 2.25. The molecule has 2 heteroatoms. The van der Waals surface area contributed by atoms with Crippen molar-refractivity contribution in [1.29, 1.82) is 5.26 Å². The van der Waals surface area contributed by atoms with Gasteiger partial charge in [0.05, 0.1) is 17.6 Å². The van der Waals surface area contributed by atoms with E-state index in [-0.39, 0.29) is 17.4 Å². The van der Waals surface area contributed by atoms with Gasteiger partial charge in [0, 0.05) is 5.92 Å². The van der Waals surface area contributed by atoms with Crippen molar-refractivity contribution in [2.45, 2.75) is 32.8 Å². The van der Waals surface area contributed by atoms with E-state index < -0.39 is 0 Å². The molecule has 10 heavy (non-hydrogen) atoms. The van der Waals surface area contributed by atoms with E-state index in [1.54, 1.807) is 0 Å². The van der Waals surface area contributed by atoms with Crippen LogP contribution in [0.1, 0.15) is 26.7 Å². The molecule has 1 fully saturated rings. The van der Waals surface area contributed by atoms with Crippen LogP contribution in [0, 0.1) is 22.7 Å². The summed E-state index contributed by atoms with van der Waals surface area (Å²) in [6, 6.07) is 2.26. The van der Waals surface area contributed by atoms with Crippen LogP contribution in [0.5, 0.6) is 0 Å². The number of hydrogen-bond acceptors (Lipinski definition) is 2. The fourth-order valence-corrected chi connectivity index (χ4v) is 1.51. The van der Waals surface area contributed by atoms with Gasteiger partial charge in [-0.1, -0.05) is 6.92 Å². The number of aliphatic hydroxyl groups is 1. The fraction of sp³-hybridized carbons (Fsp3) is 0.875. The first-order chi connectivity index (χ1) is 4.60. The normalized spacial score (nSPS) is 47.0. The second-order valence-corrected chi connectivity index (χ2v) is 3.42. The molecule has 1 N–H and O–H groups in total. The van der Waals surface area contributed by atoms with E-state index in [9.17, 15) is 5.11 Å². The van der Waals surface area contributed by atoms with Crippen molar-refractivity contribution in [2.75, 3.05) is 0 Å². The van der Waals surface area contributed by atoms with Gasteiger partial charge in [-0.15, -0.1) is 0 Å². The fourth-order valence-electron chi connectivity index (χ4n) is 1.51. The third-order valence-corrected chi connectivity index (χ3v) is 2.80. The molecular weight excluding hydrogens is 126 g/mol. The Kier molecular flexibility index (Phi) is 1.70. The van der Waals surface area contributed by atoms with Crippen LogP contribution in [-0.2, 0) is 0 Å². The van der Waals surface area contributed by atoms with Crippen LogP contribution in [0.15, 0.2) is 0 Å². The highest BCUT2D eigenvalue weighted by atomic mass is 16.3. The van der Waals surface area contributed by atoms with Gasteiger partial charge in [0.2, 0.25) is 0 Å². The molecule has 2 nitrogen and oxygen atoms in total. The standard InChI is InChI=1S/C8H13NO/c1-6-7(10)3-4-8(6,2)5-9/h6-7,10H,3-4H2,1-2H3/t6?,7-,8?/m0/s1. The monoisotopic (exact) mass is 139 g/mol. The molecule has 0 aromatic heterocycles. The summed E-state index contributed by atoms with van der Waals surface area (Å²) in [5, 5.41) is 18.1. The molecule has 0 amide bonds. The predicted molar refractivity (Wildman–Crippen MR) is 38.1 cm³/mol. The van der Waals surface area contributed by atoms with Gasteiger partial charge in [-0.05, 0) is 19.8 Å². The van der Waals surface area contributed by atoms with E-state index in [2.05, 4.69) is 6.07 Å². The Morgan fingerprint density at radius 2 is 2.30 bits per heavy atom. The highest BCUT2D eigenvalue weighted by molar-refractivity contribution is 5.05. The van der Waals surface area contributed by atoms with Gasteiger partial charge in [0.1, 0.15) is 0 Å². The van der Waals surface area contributed by atoms with Gasteiger partial charge in [0.25, 0.3) is 0 Å². The van der Waals surface area contributed by atoms with Crippen LogP contribution in [0.2, 0.25) is 0 Å². The molecule has 1 rings (SSSR count). The molecule has 1 aliphatic carbocycles. The summed E-state index contributed by atoms with van der Waals surface area (Å²) in [4.78, 5) is 0. The topological polar surface area (TPSA) is 44.0 Å².